The Morgan fingerprint density at radius 2 is 1.87 bits per heavy atom. The first-order valence-electron chi connectivity index (χ1n) is 9.36. The van der Waals surface area contributed by atoms with Crippen LogP contribution in [0.2, 0.25) is 5.02 Å². The molecule has 0 fully saturated rings. The Hall–Kier alpha value is -2.84. The Kier molecular flexibility index (Phi) is 6.19. The second kappa shape index (κ2) is 8.49. The number of fused-ring (bicyclic) bond motifs is 1. The number of aromatic nitrogens is 3. The molecule has 0 atom stereocenters. The highest BCUT2D eigenvalue weighted by atomic mass is 35.5. The molecule has 9 heteroatoms. The lowest BCUT2D eigenvalue weighted by molar-refractivity contribution is -0.140. The minimum absolute atomic E-state index is 0.0927. The molecule has 3 rings (SSSR count). The predicted octanol–water partition coefficient (Wildman–Crippen LogP) is 3.15. The average molecular weight is 434 g/mol. The van der Waals surface area contributed by atoms with Crippen molar-refractivity contribution < 1.29 is 24.2 Å². The topological polar surface area (TPSA) is 95.6 Å². The van der Waals surface area contributed by atoms with Crippen molar-refractivity contribution in [1.29, 1.82) is 0 Å². The molecular weight excluding hydrogens is 410 g/mol. The smallest absolute Gasteiger partial charge is 0.354 e. The first kappa shape index (κ1) is 21.9. The number of aryl methyl sites for hydroxylation is 3. The number of esters is 2. The van der Waals surface area contributed by atoms with Gasteiger partial charge in [0, 0.05) is 46.3 Å². The van der Waals surface area contributed by atoms with Crippen LogP contribution in [-0.4, -0.2) is 45.6 Å². The summed E-state index contributed by atoms with van der Waals surface area (Å²) in [5.74, 6) is -0.897. The summed E-state index contributed by atoms with van der Waals surface area (Å²) in [7, 11) is 4.43. The Morgan fingerprint density at radius 3 is 2.47 bits per heavy atom. The highest BCUT2D eigenvalue weighted by Gasteiger charge is 2.27. The number of hydrogen-bond acceptors (Lipinski definition) is 6. The lowest BCUT2D eigenvalue weighted by atomic mass is 9.97. The average Bonchev–Trinajstić information content (AvgIpc) is 3.19. The second-order valence-electron chi connectivity index (χ2n) is 6.95. The van der Waals surface area contributed by atoms with Crippen LogP contribution in [0.5, 0.6) is 0 Å². The number of aliphatic hydroxyl groups is 1. The summed E-state index contributed by atoms with van der Waals surface area (Å²) in [5, 5.41) is 15.5. The lowest BCUT2D eigenvalue weighted by Crippen LogP contribution is -2.14. The minimum Gasteiger partial charge on any atom is -0.469 e. The SMILES string of the molecule is COC(=O)CCn1c(C(=O)OC)c(C)c2c(-c3c(CO)nn(C)c3C)c(Cl)ccc21. The van der Waals surface area contributed by atoms with E-state index in [1.165, 1.54) is 14.2 Å². The summed E-state index contributed by atoms with van der Waals surface area (Å²) in [4.78, 5) is 24.4. The van der Waals surface area contributed by atoms with Gasteiger partial charge in [-0.3, -0.25) is 9.48 Å². The van der Waals surface area contributed by atoms with E-state index in [4.69, 9.17) is 21.1 Å². The van der Waals surface area contributed by atoms with E-state index in [1.807, 2.05) is 19.9 Å². The van der Waals surface area contributed by atoms with E-state index >= 15 is 0 Å². The van der Waals surface area contributed by atoms with Gasteiger partial charge in [0.25, 0.3) is 0 Å². The molecule has 0 spiro atoms. The zero-order valence-corrected chi connectivity index (χ0v) is 18.3. The molecule has 0 radical (unpaired) electrons. The largest absolute Gasteiger partial charge is 0.469 e. The van der Waals surface area contributed by atoms with Gasteiger partial charge in [-0.25, -0.2) is 4.79 Å². The quantitative estimate of drug-likeness (QED) is 0.600. The van der Waals surface area contributed by atoms with Gasteiger partial charge < -0.3 is 19.1 Å². The molecule has 0 aliphatic heterocycles. The second-order valence-corrected chi connectivity index (χ2v) is 7.36. The zero-order chi connectivity index (χ0) is 22.2. The molecule has 0 unspecified atom stereocenters. The number of carbonyl (C=O) groups is 2. The van der Waals surface area contributed by atoms with Gasteiger partial charge in [-0.05, 0) is 31.5 Å². The molecule has 1 aromatic carbocycles. The van der Waals surface area contributed by atoms with Crippen molar-refractivity contribution in [3.05, 3.63) is 39.8 Å². The molecule has 30 heavy (non-hydrogen) atoms. The molecule has 0 saturated carbocycles. The molecule has 0 aliphatic rings. The van der Waals surface area contributed by atoms with Crippen molar-refractivity contribution in [1.82, 2.24) is 14.3 Å². The molecule has 0 aliphatic carbocycles. The van der Waals surface area contributed by atoms with Crippen LogP contribution < -0.4 is 0 Å². The molecular formula is C21H24ClN3O5. The number of carbonyl (C=O) groups excluding carboxylic acids is 2. The van der Waals surface area contributed by atoms with E-state index in [0.717, 1.165) is 22.2 Å². The van der Waals surface area contributed by atoms with Crippen LogP contribution in [0, 0.1) is 13.8 Å². The predicted molar refractivity (Wildman–Crippen MR) is 113 cm³/mol. The third kappa shape index (κ3) is 3.46. The number of benzene rings is 1. The molecule has 160 valence electrons. The number of nitrogens with zero attached hydrogens (tertiary/aromatic N) is 3. The summed E-state index contributed by atoms with van der Waals surface area (Å²) in [5.41, 5.74) is 4.46. The van der Waals surface area contributed by atoms with Gasteiger partial charge in [-0.2, -0.15) is 5.10 Å². The van der Waals surface area contributed by atoms with Crippen LogP contribution in [0.3, 0.4) is 0 Å². The van der Waals surface area contributed by atoms with Crippen LogP contribution >= 0.6 is 11.6 Å². The van der Waals surface area contributed by atoms with Crippen LogP contribution in [0.1, 0.15) is 33.9 Å². The van der Waals surface area contributed by atoms with Gasteiger partial charge in [0.15, 0.2) is 0 Å². The summed E-state index contributed by atoms with van der Waals surface area (Å²) >= 11 is 6.63. The van der Waals surface area contributed by atoms with Crippen LogP contribution in [0.4, 0.5) is 0 Å². The summed E-state index contributed by atoms with van der Waals surface area (Å²) in [6.45, 7) is 3.69. The lowest BCUT2D eigenvalue weighted by Gasteiger charge is -2.11. The van der Waals surface area contributed by atoms with Crippen molar-refractivity contribution in [2.75, 3.05) is 14.2 Å². The summed E-state index contributed by atoms with van der Waals surface area (Å²) in [6, 6.07) is 3.55. The Morgan fingerprint density at radius 1 is 1.17 bits per heavy atom. The van der Waals surface area contributed by atoms with E-state index in [1.54, 1.807) is 22.4 Å². The van der Waals surface area contributed by atoms with Gasteiger partial charge in [0.2, 0.25) is 0 Å². The Labute approximate surface area is 178 Å². The van der Waals surface area contributed by atoms with Gasteiger partial charge in [-0.1, -0.05) is 11.6 Å². The van der Waals surface area contributed by atoms with E-state index < -0.39 is 5.97 Å². The normalized spacial score (nSPS) is 11.2. The van der Waals surface area contributed by atoms with E-state index in [9.17, 15) is 14.7 Å². The third-order valence-corrected chi connectivity index (χ3v) is 5.69. The fourth-order valence-electron chi connectivity index (χ4n) is 3.87. The fourth-order valence-corrected chi connectivity index (χ4v) is 4.12. The van der Waals surface area contributed by atoms with Crippen LogP contribution in [-0.2, 0) is 34.5 Å². The van der Waals surface area contributed by atoms with Gasteiger partial charge in [0.1, 0.15) is 5.69 Å². The Balaban J connectivity index is 2.39. The van der Waals surface area contributed by atoms with E-state index in [-0.39, 0.29) is 25.5 Å². The maximum Gasteiger partial charge on any atom is 0.354 e. The molecule has 8 nitrogen and oxygen atoms in total. The van der Waals surface area contributed by atoms with Crippen molar-refractivity contribution in [3.63, 3.8) is 0 Å². The summed E-state index contributed by atoms with van der Waals surface area (Å²) in [6.07, 6.45) is 0.0927. The number of ether oxygens (including phenoxy) is 2. The number of aliphatic hydroxyl groups excluding tert-OH is 1. The van der Waals surface area contributed by atoms with Crippen molar-refractivity contribution in [2.24, 2.45) is 7.05 Å². The van der Waals surface area contributed by atoms with Crippen molar-refractivity contribution >= 4 is 34.4 Å². The summed E-state index contributed by atoms with van der Waals surface area (Å²) < 4.78 is 13.2. The monoisotopic (exact) mass is 433 g/mol. The van der Waals surface area contributed by atoms with Crippen LogP contribution in [0.25, 0.3) is 22.0 Å². The number of halogens is 1. The van der Waals surface area contributed by atoms with Crippen molar-refractivity contribution in [3.8, 4) is 11.1 Å². The number of methoxy groups -OCH3 is 2. The molecule has 1 N–H and O–H groups in total. The fraction of sp³-hybridized carbons (Fsp3) is 0.381. The molecule has 0 amide bonds. The minimum atomic E-state index is -0.513. The number of rotatable bonds is 6. The van der Waals surface area contributed by atoms with Gasteiger partial charge in [-0.15, -0.1) is 0 Å². The van der Waals surface area contributed by atoms with Gasteiger partial charge >= 0.3 is 11.9 Å². The molecule has 2 aromatic heterocycles. The third-order valence-electron chi connectivity index (χ3n) is 5.38. The first-order valence-corrected chi connectivity index (χ1v) is 9.74. The molecule has 3 aromatic rings. The standard InChI is InChI=1S/C21H24ClN3O5/c1-11-17-15(25(9-8-16(27)29-4)20(11)21(28)30-5)7-6-13(22)19(17)18-12(2)24(3)23-14(18)10-26/h6-7,26H,8-10H2,1-5H3. The maximum atomic E-state index is 12.6. The van der Waals surface area contributed by atoms with Gasteiger partial charge in [0.05, 0.1) is 32.9 Å². The number of hydrogen-bond donors (Lipinski definition) is 1. The van der Waals surface area contributed by atoms with E-state index in [0.29, 0.717) is 27.5 Å². The van der Waals surface area contributed by atoms with Crippen molar-refractivity contribution in [2.45, 2.75) is 33.4 Å². The molecule has 2 heterocycles. The van der Waals surface area contributed by atoms with Crippen LogP contribution in [0.15, 0.2) is 12.1 Å². The molecule has 0 bridgehead atoms. The van der Waals surface area contributed by atoms with E-state index in [2.05, 4.69) is 5.10 Å². The highest BCUT2D eigenvalue weighted by Crippen LogP contribution is 2.42. The maximum absolute atomic E-state index is 12.6. The Bertz CT molecular complexity index is 1150. The highest BCUT2D eigenvalue weighted by molar-refractivity contribution is 6.35. The zero-order valence-electron chi connectivity index (χ0n) is 17.6. The molecule has 0 saturated heterocycles. The first-order chi connectivity index (χ1) is 14.3.